The van der Waals surface area contributed by atoms with Crippen molar-refractivity contribution in [3.8, 4) is 0 Å². The molecule has 0 spiro atoms. The molecule has 0 saturated carbocycles. The first-order chi connectivity index (χ1) is 8.81. The smallest absolute Gasteiger partial charge is 0.0969 e. The minimum absolute atomic E-state index is 0. The lowest BCUT2D eigenvalue weighted by molar-refractivity contribution is 0.277. The summed E-state index contributed by atoms with van der Waals surface area (Å²) in [4.78, 5) is 8.81. The van der Waals surface area contributed by atoms with Crippen LogP contribution in [-0.4, -0.2) is 20.2 Å². The van der Waals surface area contributed by atoms with Crippen LogP contribution in [0.4, 0.5) is 0 Å². The average Bonchev–Trinajstić information content (AvgIpc) is 2.45. The van der Waals surface area contributed by atoms with E-state index in [0.29, 0.717) is 11.4 Å². The lowest BCUT2D eigenvalue weighted by Gasteiger charge is -2.05. The van der Waals surface area contributed by atoms with Gasteiger partial charge < -0.3 is 10.2 Å². The van der Waals surface area contributed by atoms with Gasteiger partial charge in [-0.25, -0.2) is 9.97 Å². The maximum atomic E-state index is 9.15. The SMILES string of the molecule is Cl.Cl.OCc1ccc2ccc3ccc(CO)nc3c2n1. The van der Waals surface area contributed by atoms with E-state index >= 15 is 0 Å². The molecule has 3 aromatic rings. The zero-order valence-corrected chi connectivity index (χ0v) is 12.1. The topological polar surface area (TPSA) is 66.2 Å². The molecule has 0 amide bonds. The Morgan fingerprint density at radius 1 is 0.650 bits per heavy atom. The van der Waals surface area contributed by atoms with Crippen LogP contribution in [0.2, 0.25) is 0 Å². The molecule has 20 heavy (non-hydrogen) atoms. The molecule has 0 unspecified atom stereocenters. The number of aromatic nitrogens is 2. The van der Waals surface area contributed by atoms with E-state index in [2.05, 4.69) is 9.97 Å². The van der Waals surface area contributed by atoms with Gasteiger partial charge in [-0.15, -0.1) is 24.8 Å². The number of hydrogen-bond acceptors (Lipinski definition) is 4. The van der Waals surface area contributed by atoms with E-state index < -0.39 is 0 Å². The quantitative estimate of drug-likeness (QED) is 0.714. The normalized spacial score (nSPS) is 10.1. The zero-order valence-electron chi connectivity index (χ0n) is 10.5. The summed E-state index contributed by atoms with van der Waals surface area (Å²) in [5.74, 6) is 0. The molecule has 0 aliphatic rings. The van der Waals surface area contributed by atoms with Crippen molar-refractivity contribution < 1.29 is 10.2 Å². The standard InChI is InChI=1S/C14H12N2O2.2ClH/c17-7-11-5-3-9-1-2-10-4-6-12(8-18)16-14(10)13(9)15-11;;/h1-6,17-18H,7-8H2;2*1H. The van der Waals surface area contributed by atoms with E-state index in [1.807, 2.05) is 24.3 Å². The summed E-state index contributed by atoms with van der Waals surface area (Å²) in [6, 6.07) is 11.4. The number of fused-ring (bicyclic) bond motifs is 3. The highest BCUT2D eigenvalue weighted by molar-refractivity contribution is 6.02. The number of aliphatic hydroxyl groups excluding tert-OH is 2. The van der Waals surface area contributed by atoms with Gasteiger partial charge in [0.25, 0.3) is 0 Å². The highest BCUT2D eigenvalue weighted by atomic mass is 35.5. The first kappa shape index (κ1) is 16.6. The Hall–Kier alpha value is -1.46. The van der Waals surface area contributed by atoms with E-state index in [0.717, 1.165) is 21.8 Å². The minimum Gasteiger partial charge on any atom is -0.390 e. The Kier molecular flexibility index (Phi) is 5.65. The van der Waals surface area contributed by atoms with Crippen molar-refractivity contribution in [2.24, 2.45) is 0 Å². The molecule has 106 valence electrons. The third-order valence-corrected chi connectivity index (χ3v) is 2.96. The Labute approximate surface area is 128 Å². The van der Waals surface area contributed by atoms with E-state index in [1.54, 1.807) is 12.1 Å². The average molecular weight is 313 g/mol. The van der Waals surface area contributed by atoms with Crippen LogP contribution < -0.4 is 0 Å². The lowest BCUT2D eigenvalue weighted by atomic mass is 10.1. The van der Waals surface area contributed by atoms with Crippen LogP contribution in [0.5, 0.6) is 0 Å². The summed E-state index contributed by atoms with van der Waals surface area (Å²) in [6.45, 7) is -0.183. The van der Waals surface area contributed by atoms with Gasteiger partial charge in [0.15, 0.2) is 0 Å². The maximum absolute atomic E-state index is 9.15. The van der Waals surface area contributed by atoms with Crippen LogP contribution in [0.15, 0.2) is 36.4 Å². The maximum Gasteiger partial charge on any atom is 0.0969 e. The number of nitrogens with zero attached hydrogens (tertiary/aromatic N) is 2. The van der Waals surface area contributed by atoms with E-state index in [1.165, 1.54) is 0 Å². The van der Waals surface area contributed by atoms with Gasteiger partial charge in [-0.05, 0) is 12.1 Å². The van der Waals surface area contributed by atoms with Gasteiger partial charge in [0.1, 0.15) is 0 Å². The van der Waals surface area contributed by atoms with Gasteiger partial charge >= 0.3 is 0 Å². The summed E-state index contributed by atoms with van der Waals surface area (Å²) in [6.07, 6.45) is 0. The number of rotatable bonds is 2. The molecule has 4 nitrogen and oxygen atoms in total. The highest BCUT2D eigenvalue weighted by Gasteiger charge is 2.05. The van der Waals surface area contributed by atoms with Crippen molar-refractivity contribution in [3.05, 3.63) is 47.8 Å². The van der Waals surface area contributed by atoms with Gasteiger partial charge in [0.2, 0.25) is 0 Å². The van der Waals surface area contributed by atoms with Crippen LogP contribution in [-0.2, 0) is 13.2 Å². The monoisotopic (exact) mass is 312 g/mol. The van der Waals surface area contributed by atoms with Crippen molar-refractivity contribution >= 4 is 46.6 Å². The van der Waals surface area contributed by atoms with Gasteiger partial charge in [-0.3, -0.25) is 0 Å². The molecule has 0 radical (unpaired) electrons. The molecular formula is C14H14Cl2N2O2. The fourth-order valence-corrected chi connectivity index (χ4v) is 2.02. The second-order valence-corrected chi connectivity index (χ2v) is 4.13. The molecule has 2 N–H and O–H groups in total. The van der Waals surface area contributed by atoms with E-state index in [9.17, 15) is 0 Å². The molecule has 0 atom stereocenters. The molecular weight excluding hydrogens is 299 g/mol. The number of halogens is 2. The predicted molar refractivity (Wildman–Crippen MR) is 83.4 cm³/mol. The van der Waals surface area contributed by atoms with Gasteiger partial charge in [-0.1, -0.05) is 24.3 Å². The van der Waals surface area contributed by atoms with Crippen LogP contribution in [0.1, 0.15) is 11.4 Å². The molecule has 6 heteroatoms. The van der Waals surface area contributed by atoms with Crippen LogP contribution in [0.3, 0.4) is 0 Å². The van der Waals surface area contributed by atoms with Gasteiger partial charge in [0, 0.05) is 10.8 Å². The second kappa shape index (κ2) is 6.81. The zero-order chi connectivity index (χ0) is 12.5. The van der Waals surface area contributed by atoms with Crippen LogP contribution in [0.25, 0.3) is 21.8 Å². The van der Waals surface area contributed by atoms with Crippen molar-refractivity contribution in [1.82, 2.24) is 9.97 Å². The molecule has 3 rings (SSSR count). The highest BCUT2D eigenvalue weighted by Crippen LogP contribution is 2.23. The summed E-state index contributed by atoms with van der Waals surface area (Å²) in [7, 11) is 0. The molecule has 2 aromatic heterocycles. The minimum atomic E-state index is -0.0913. The van der Waals surface area contributed by atoms with Crippen LogP contribution >= 0.6 is 24.8 Å². The third-order valence-electron chi connectivity index (χ3n) is 2.96. The summed E-state index contributed by atoms with van der Waals surface area (Å²) in [5, 5.41) is 20.2. The van der Waals surface area contributed by atoms with Gasteiger partial charge in [0.05, 0.1) is 35.6 Å². The second-order valence-electron chi connectivity index (χ2n) is 4.13. The van der Waals surface area contributed by atoms with Crippen molar-refractivity contribution in [2.75, 3.05) is 0 Å². The molecule has 0 fully saturated rings. The van der Waals surface area contributed by atoms with E-state index in [4.69, 9.17) is 10.2 Å². The molecule has 0 aliphatic carbocycles. The van der Waals surface area contributed by atoms with Crippen LogP contribution in [0, 0.1) is 0 Å². The molecule has 0 saturated heterocycles. The van der Waals surface area contributed by atoms with E-state index in [-0.39, 0.29) is 38.0 Å². The Morgan fingerprint density at radius 2 is 1.00 bits per heavy atom. The van der Waals surface area contributed by atoms with Crippen molar-refractivity contribution in [3.63, 3.8) is 0 Å². The number of aliphatic hydroxyl groups is 2. The Balaban J connectivity index is 0.000001000. The fraction of sp³-hybridized carbons (Fsp3) is 0.143. The number of pyridine rings is 2. The first-order valence-electron chi connectivity index (χ1n) is 5.72. The number of benzene rings is 1. The molecule has 1 aromatic carbocycles. The van der Waals surface area contributed by atoms with Crippen molar-refractivity contribution in [1.29, 1.82) is 0 Å². The van der Waals surface area contributed by atoms with Crippen molar-refractivity contribution in [2.45, 2.75) is 13.2 Å². The Morgan fingerprint density at radius 3 is 1.35 bits per heavy atom. The molecule has 0 aliphatic heterocycles. The number of hydrogen-bond donors (Lipinski definition) is 2. The molecule has 2 heterocycles. The summed E-state index contributed by atoms with van der Waals surface area (Å²) in [5.41, 5.74) is 2.75. The largest absolute Gasteiger partial charge is 0.390 e. The molecule has 0 bridgehead atoms. The summed E-state index contributed by atoms with van der Waals surface area (Å²) >= 11 is 0. The first-order valence-corrected chi connectivity index (χ1v) is 5.72. The fourth-order valence-electron chi connectivity index (χ4n) is 2.02. The lowest BCUT2D eigenvalue weighted by Crippen LogP contribution is -1.94. The predicted octanol–water partition coefficient (Wildman–Crippen LogP) is 2.61. The third kappa shape index (κ3) is 2.83. The summed E-state index contributed by atoms with van der Waals surface area (Å²) < 4.78 is 0. The Bertz CT molecular complexity index is 672. The van der Waals surface area contributed by atoms with Gasteiger partial charge in [-0.2, -0.15) is 0 Å².